The van der Waals surface area contributed by atoms with Gasteiger partial charge in [0.15, 0.2) is 0 Å². The van der Waals surface area contributed by atoms with Crippen molar-refractivity contribution in [1.29, 1.82) is 0 Å². The van der Waals surface area contributed by atoms with Gasteiger partial charge in [-0.25, -0.2) is 0 Å². The number of likely N-dealkylation sites (tertiary alicyclic amines) is 1. The third kappa shape index (κ3) is 2.62. The molecule has 1 atom stereocenters. The Labute approximate surface area is 116 Å². The van der Waals surface area contributed by atoms with Gasteiger partial charge in [-0.1, -0.05) is 0 Å². The number of nitrogens with zero attached hydrogens (tertiary/aromatic N) is 2. The normalized spacial score (nSPS) is 20.2. The second-order valence-corrected chi connectivity index (χ2v) is 5.63. The Bertz CT molecular complexity index is 430. The Morgan fingerprint density at radius 3 is 3.00 bits per heavy atom. The van der Waals surface area contributed by atoms with Crippen molar-refractivity contribution in [2.45, 2.75) is 38.8 Å². The highest BCUT2D eigenvalue weighted by Crippen LogP contribution is 2.22. The Morgan fingerprint density at radius 1 is 1.56 bits per heavy atom. The lowest BCUT2D eigenvalue weighted by molar-refractivity contribution is 0.0612. The number of piperidine rings is 1. The fraction of sp³-hybridized carbons (Fsp3) is 0.615. The van der Waals surface area contributed by atoms with E-state index in [0.29, 0.717) is 6.54 Å². The molecule has 0 radical (unpaired) electrons. The highest BCUT2D eigenvalue weighted by Gasteiger charge is 2.28. The van der Waals surface area contributed by atoms with Gasteiger partial charge in [0.1, 0.15) is 5.69 Å². The predicted octanol–water partition coefficient (Wildman–Crippen LogP) is 2.22. The number of rotatable bonds is 3. The summed E-state index contributed by atoms with van der Waals surface area (Å²) in [5, 5.41) is 0. The number of halogens is 1. The molecule has 5 heteroatoms. The van der Waals surface area contributed by atoms with Crippen LogP contribution in [0.25, 0.3) is 0 Å². The molecule has 18 heavy (non-hydrogen) atoms. The third-order valence-electron chi connectivity index (χ3n) is 3.58. The number of aromatic nitrogens is 1. The van der Waals surface area contributed by atoms with Gasteiger partial charge in [0.2, 0.25) is 0 Å². The number of nitrogens with two attached hydrogens (primary N) is 1. The van der Waals surface area contributed by atoms with E-state index in [1.807, 2.05) is 28.7 Å². The zero-order valence-electron chi connectivity index (χ0n) is 10.7. The van der Waals surface area contributed by atoms with Crippen molar-refractivity contribution in [2.75, 3.05) is 13.1 Å². The number of hydrogen-bond donors (Lipinski definition) is 1. The number of carbonyl (C=O) groups is 1. The molecular weight excluding hydrogens is 294 g/mol. The highest BCUT2D eigenvalue weighted by molar-refractivity contribution is 9.10. The van der Waals surface area contributed by atoms with Gasteiger partial charge < -0.3 is 15.2 Å². The maximum absolute atomic E-state index is 12.6. The fourth-order valence-corrected chi connectivity index (χ4v) is 3.04. The number of amides is 1. The van der Waals surface area contributed by atoms with Crippen LogP contribution in [-0.4, -0.2) is 34.5 Å². The molecule has 0 spiro atoms. The maximum atomic E-state index is 12.6. The van der Waals surface area contributed by atoms with E-state index in [9.17, 15) is 4.79 Å². The lowest BCUT2D eigenvalue weighted by Crippen LogP contribution is -2.47. The molecule has 0 saturated carbocycles. The monoisotopic (exact) mass is 313 g/mol. The molecule has 0 aliphatic carbocycles. The summed E-state index contributed by atoms with van der Waals surface area (Å²) in [6.07, 6.45) is 5.23. The van der Waals surface area contributed by atoms with Gasteiger partial charge in [0, 0.05) is 36.3 Å². The Hall–Kier alpha value is -0.810. The van der Waals surface area contributed by atoms with Gasteiger partial charge in [0.25, 0.3) is 5.91 Å². The van der Waals surface area contributed by atoms with Crippen LogP contribution in [0, 0.1) is 0 Å². The zero-order chi connectivity index (χ0) is 13.1. The molecule has 2 N–H and O–H groups in total. The molecule has 1 aliphatic heterocycles. The second kappa shape index (κ2) is 5.89. The number of aryl methyl sites for hydroxylation is 1. The summed E-state index contributed by atoms with van der Waals surface area (Å²) in [7, 11) is 0. The lowest BCUT2D eigenvalue weighted by Gasteiger charge is -2.35. The van der Waals surface area contributed by atoms with E-state index >= 15 is 0 Å². The summed E-state index contributed by atoms with van der Waals surface area (Å²) in [5.74, 6) is 0.109. The van der Waals surface area contributed by atoms with E-state index < -0.39 is 0 Å². The quantitative estimate of drug-likeness (QED) is 0.930. The topological polar surface area (TPSA) is 51.3 Å². The molecule has 0 bridgehead atoms. The summed E-state index contributed by atoms with van der Waals surface area (Å²) in [5.41, 5.74) is 6.53. The summed E-state index contributed by atoms with van der Waals surface area (Å²) in [6.45, 7) is 4.22. The Morgan fingerprint density at radius 2 is 2.33 bits per heavy atom. The van der Waals surface area contributed by atoms with E-state index in [2.05, 4.69) is 15.9 Å². The fourth-order valence-electron chi connectivity index (χ4n) is 2.58. The number of carbonyl (C=O) groups excluding carboxylic acids is 1. The average molecular weight is 314 g/mol. The first kappa shape index (κ1) is 13.6. The predicted molar refractivity (Wildman–Crippen MR) is 75.5 cm³/mol. The first-order chi connectivity index (χ1) is 8.67. The molecule has 1 fully saturated rings. The van der Waals surface area contributed by atoms with Crippen LogP contribution in [0.4, 0.5) is 0 Å². The summed E-state index contributed by atoms with van der Waals surface area (Å²) in [6, 6.07) is 2.10. The molecule has 2 rings (SSSR count). The van der Waals surface area contributed by atoms with Gasteiger partial charge in [0.05, 0.1) is 0 Å². The van der Waals surface area contributed by atoms with Crippen LogP contribution in [0.2, 0.25) is 0 Å². The van der Waals surface area contributed by atoms with Gasteiger partial charge in [-0.15, -0.1) is 0 Å². The maximum Gasteiger partial charge on any atom is 0.270 e. The van der Waals surface area contributed by atoms with Crippen LogP contribution in [0.1, 0.15) is 36.7 Å². The minimum absolute atomic E-state index is 0.109. The van der Waals surface area contributed by atoms with E-state index in [1.54, 1.807) is 0 Å². The first-order valence-corrected chi connectivity index (χ1v) is 7.33. The second-order valence-electron chi connectivity index (χ2n) is 4.71. The highest BCUT2D eigenvalue weighted by atomic mass is 79.9. The van der Waals surface area contributed by atoms with Crippen LogP contribution >= 0.6 is 15.9 Å². The average Bonchev–Trinajstić information content (AvgIpc) is 2.79. The van der Waals surface area contributed by atoms with Crippen molar-refractivity contribution in [3.63, 3.8) is 0 Å². The third-order valence-corrected chi connectivity index (χ3v) is 4.02. The van der Waals surface area contributed by atoms with E-state index in [1.165, 1.54) is 6.42 Å². The number of hydrogen-bond acceptors (Lipinski definition) is 2. The minimum Gasteiger partial charge on any atom is -0.343 e. The minimum atomic E-state index is 0.109. The molecule has 0 aromatic carbocycles. The molecule has 0 unspecified atom stereocenters. The molecule has 1 amide bonds. The molecular formula is C13H20BrN3O. The van der Waals surface area contributed by atoms with Crippen LogP contribution in [0.5, 0.6) is 0 Å². The van der Waals surface area contributed by atoms with E-state index in [4.69, 9.17) is 5.73 Å². The van der Waals surface area contributed by atoms with Crippen molar-refractivity contribution in [2.24, 2.45) is 5.73 Å². The van der Waals surface area contributed by atoms with E-state index in [-0.39, 0.29) is 11.9 Å². The molecule has 1 aromatic heterocycles. The Balaban J connectivity index is 2.23. The molecule has 100 valence electrons. The van der Waals surface area contributed by atoms with Gasteiger partial charge in [-0.05, 0) is 48.2 Å². The van der Waals surface area contributed by atoms with Crippen molar-refractivity contribution >= 4 is 21.8 Å². The molecule has 4 nitrogen and oxygen atoms in total. The molecule has 1 saturated heterocycles. The molecule has 2 heterocycles. The van der Waals surface area contributed by atoms with Crippen molar-refractivity contribution in [3.05, 3.63) is 22.4 Å². The van der Waals surface area contributed by atoms with E-state index in [0.717, 1.165) is 36.1 Å². The lowest BCUT2D eigenvalue weighted by atomic mass is 10.0. The Kier molecular flexibility index (Phi) is 4.45. The molecule has 1 aromatic rings. The van der Waals surface area contributed by atoms with Crippen molar-refractivity contribution in [1.82, 2.24) is 9.47 Å². The smallest absolute Gasteiger partial charge is 0.270 e. The zero-order valence-corrected chi connectivity index (χ0v) is 12.3. The molecule has 1 aliphatic rings. The van der Waals surface area contributed by atoms with Gasteiger partial charge in [-0.2, -0.15) is 0 Å². The van der Waals surface area contributed by atoms with Crippen LogP contribution in [0.15, 0.2) is 16.7 Å². The standard InChI is InChI=1S/C13H20BrN3O/c1-2-16-9-10(14)7-12(16)13(18)17-6-4-3-5-11(17)8-15/h7,9,11H,2-6,8,15H2,1H3/t11-/m0/s1. The SMILES string of the molecule is CCn1cc(Br)cc1C(=O)N1CCCC[C@H]1CN. The summed E-state index contributed by atoms with van der Waals surface area (Å²) in [4.78, 5) is 14.5. The largest absolute Gasteiger partial charge is 0.343 e. The van der Waals surface area contributed by atoms with Crippen LogP contribution < -0.4 is 5.73 Å². The summed E-state index contributed by atoms with van der Waals surface area (Å²) >= 11 is 3.43. The van der Waals surface area contributed by atoms with Crippen LogP contribution in [-0.2, 0) is 6.54 Å². The first-order valence-electron chi connectivity index (χ1n) is 6.54. The van der Waals surface area contributed by atoms with Gasteiger partial charge in [-0.3, -0.25) is 4.79 Å². The van der Waals surface area contributed by atoms with Gasteiger partial charge >= 0.3 is 0 Å². The summed E-state index contributed by atoms with van der Waals surface area (Å²) < 4.78 is 2.93. The van der Waals surface area contributed by atoms with Crippen LogP contribution in [0.3, 0.4) is 0 Å². The van der Waals surface area contributed by atoms with Crippen molar-refractivity contribution < 1.29 is 4.79 Å². The van der Waals surface area contributed by atoms with Crippen molar-refractivity contribution in [3.8, 4) is 0 Å².